The van der Waals surface area contributed by atoms with E-state index in [1.807, 2.05) is 18.2 Å². The van der Waals surface area contributed by atoms with E-state index in [2.05, 4.69) is 44.1 Å². The minimum Gasteiger partial charge on any atom is -0.352 e. The molecule has 0 aromatic heterocycles. The molecule has 0 heterocycles. The van der Waals surface area contributed by atoms with E-state index in [0.717, 1.165) is 34.8 Å². The summed E-state index contributed by atoms with van der Waals surface area (Å²) in [5.41, 5.74) is 0.672. The summed E-state index contributed by atoms with van der Waals surface area (Å²) >= 11 is 6.73. The molecule has 1 N–H and O–H groups in total. The fourth-order valence-electron chi connectivity index (χ4n) is 1.34. The minimum absolute atomic E-state index is 0.0238. The molecule has 0 saturated heterocycles. The van der Waals surface area contributed by atoms with Crippen LogP contribution < -0.4 is 5.32 Å². The van der Waals surface area contributed by atoms with Gasteiger partial charge in [0.05, 0.1) is 5.56 Å². The highest BCUT2D eigenvalue weighted by Crippen LogP contribution is 2.21. The first-order valence-corrected chi connectivity index (χ1v) is 6.97. The predicted molar refractivity (Wildman–Crippen MR) is 73.7 cm³/mol. The summed E-state index contributed by atoms with van der Waals surface area (Å²) < 4.78 is 1.73. The van der Waals surface area contributed by atoms with Crippen molar-refractivity contribution in [1.82, 2.24) is 5.32 Å². The second kappa shape index (κ2) is 7.07. The van der Waals surface area contributed by atoms with Gasteiger partial charge < -0.3 is 5.32 Å². The van der Waals surface area contributed by atoms with Crippen LogP contribution in [-0.2, 0) is 0 Å². The van der Waals surface area contributed by atoms with Gasteiger partial charge in [-0.05, 0) is 40.5 Å². The number of halogens is 2. The highest BCUT2D eigenvalue weighted by molar-refractivity contribution is 9.11. The lowest BCUT2D eigenvalue weighted by Gasteiger charge is -2.06. The summed E-state index contributed by atoms with van der Waals surface area (Å²) in [6.07, 6.45) is 3.35. The van der Waals surface area contributed by atoms with Crippen molar-refractivity contribution in [3.8, 4) is 0 Å². The van der Waals surface area contributed by atoms with E-state index in [4.69, 9.17) is 0 Å². The Bertz CT molecular complexity index is 366. The van der Waals surface area contributed by atoms with Crippen LogP contribution in [0.15, 0.2) is 27.1 Å². The maximum Gasteiger partial charge on any atom is 0.252 e. The number of carbonyl (C=O) groups is 1. The molecule has 16 heavy (non-hydrogen) atoms. The van der Waals surface area contributed by atoms with Crippen molar-refractivity contribution in [3.63, 3.8) is 0 Å². The minimum atomic E-state index is -0.0238. The van der Waals surface area contributed by atoms with Crippen molar-refractivity contribution in [2.75, 3.05) is 6.54 Å². The molecule has 0 fully saturated rings. The molecule has 1 aromatic rings. The molecule has 0 spiro atoms. The number of benzene rings is 1. The lowest BCUT2D eigenvalue weighted by molar-refractivity contribution is 0.0952. The Morgan fingerprint density at radius 2 is 2.06 bits per heavy atom. The molecular formula is C12H15Br2NO. The van der Waals surface area contributed by atoms with E-state index in [1.54, 1.807) is 0 Å². The molecule has 0 aliphatic rings. The Hall–Kier alpha value is -0.350. The third-order valence-corrected chi connectivity index (χ3v) is 3.42. The van der Waals surface area contributed by atoms with E-state index >= 15 is 0 Å². The van der Waals surface area contributed by atoms with Crippen LogP contribution >= 0.6 is 31.9 Å². The Morgan fingerprint density at radius 3 is 2.75 bits per heavy atom. The molecule has 0 aliphatic heterocycles. The number of nitrogens with one attached hydrogen (secondary N) is 1. The Morgan fingerprint density at radius 1 is 1.31 bits per heavy atom. The summed E-state index contributed by atoms with van der Waals surface area (Å²) in [5.74, 6) is -0.0238. The first-order chi connectivity index (χ1) is 7.65. The fraction of sp³-hybridized carbons (Fsp3) is 0.417. The van der Waals surface area contributed by atoms with Crippen LogP contribution in [0, 0.1) is 0 Å². The second-order valence-corrected chi connectivity index (χ2v) is 5.36. The van der Waals surface area contributed by atoms with Crippen molar-refractivity contribution < 1.29 is 4.79 Å². The van der Waals surface area contributed by atoms with Crippen molar-refractivity contribution in [2.45, 2.75) is 26.2 Å². The summed E-state index contributed by atoms with van der Waals surface area (Å²) in [7, 11) is 0. The average molecular weight is 349 g/mol. The van der Waals surface area contributed by atoms with Crippen LogP contribution in [0.2, 0.25) is 0 Å². The van der Waals surface area contributed by atoms with Gasteiger partial charge in [0.15, 0.2) is 0 Å². The molecule has 1 aromatic carbocycles. The zero-order valence-corrected chi connectivity index (χ0v) is 12.4. The summed E-state index contributed by atoms with van der Waals surface area (Å²) in [6, 6.07) is 5.59. The molecule has 0 unspecified atom stereocenters. The number of rotatable bonds is 5. The van der Waals surface area contributed by atoms with Crippen LogP contribution in [0.1, 0.15) is 36.5 Å². The van der Waals surface area contributed by atoms with Gasteiger partial charge in [0.25, 0.3) is 5.91 Å². The van der Waals surface area contributed by atoms with Gasteiger partial charge in [-0.3, -0.25) is 4.79 Å². The first kappa shape index (κ1) is 13.7. The highest BCUT2D eigenvalue weighted by Gasteiger charge is 2.09. The van der Waals surface area contributed by atoms with Crippen molar-refractivity contribution in [3.05, 3.63) is 32.7 Å². The summed E-state index contributed by atoms with van der Waals surface area (Å²) in [6.45, 7) is 2.89. The zero-order chi connectivity index (χ0) is 12.0. The lowest BCUT2D eigenvalue weighted by Crippen LogP contribution is -2.24. The monoisotopic (exact) mass is 347 g/mol. The molecule has 1 amide bonds. The summed E-state index contributed by atoms with van der Waals surface area (Å²) in [4.78, 5) is 11.8. The number of unbranched alkanes of at least 4 members (excludes halogenated alkanes) is 2. The van der Waals surface area contributed by atoms with Crippen LogP contribution in [0.4, 0.5) is 0 Å². The molecule has 0 saturated carbocycles. The Labute approximate surface area is 113 Å². The SMILES string of the molecule is CCCCCNC(=O)c1cc(Br)ccc1Br. The maximum absolute atomic E-state index is 11.8. The van der Waals surface area contributed by atoms with E-state index in [1.165, 1.54) is 0 Å². The van der Waals surface area contributed by atoms with Gasteiger partial charge in [-0.15, -0.1) is 0 Å². The quantitative estimate of drug-likeness (QED) is 0.796. The second-order valence-electron chi connectivity index (χ2n) is 3.59. The molecule has 0 bridgehead atoms. The topological polar surface area (TPSA) is 29.1 Å². The number of hydrogen-bond acceptors (Lipinski definition) is 1. The normalized spacial score (nSPS) is 10.2. The van der Waals surface area contributed by atoms with Crippen LogP contribution in [0.25, 0.3) is 0 Å². The molecule has 4 heteroatoms. The third-order valence-electron chi connectivity index (χ3n) is 2.24. The molecule has 0 aliphatic carbocycles. The van der Waals surface area contributed by atoms with Crippen molar-refractivity contribution in [1.29, 1.82) is 0 Å². The van der Waals surface area contributed by atoms with Crippen molar-refractivity contribution >= 4 is 37.8 Å². The van der Waals surface area contributed by atoms with Gasteiger partial charge in [0.1, 0.15) is 0 Å². The van der Waals surface area contributed by atoms with E-state index in [9.17, 15) is 4.79 Å². The van der Waals surface area contributed by atoms with Gasteiger partial charge in [0.2, 0.25) is 0 Å². The average Bonchev–Trinajstić information content (AvgIpc) is 2.27. The largest absolute Gasteiger partial charge is 0.352 e. The molecule has 0 atom stereocenters. The third kappa shape index (κ3) is 4.26. The van der Waals surface area contributed by atoms with Crippen LogP contribution in [0.3, 0.4) is 0 Å². The number of hydrogen-bond donors (Lipinski definition) is 1. The highest BCUT2D eigenvalue weighted by atomic mass is 79.9. The van der Waals surface area contributed by atoms with E-state index < -0.39 is 0 Å². The van der Waals surface area contributed by atoms with Crippen LogP contribution in [0.5, 0.6) is 0 Å². The molecule has 1 rings (SSSR count). The number of amides is 1. The van der Waals surface area contributed by atoms with Gasteiger partial charge in [-0.25, -0.2) is 0 Å². The Kier molecular flexibility index (Phi) is 6.06. The summed E-state index contributed by atoms with van der Waals surface area (Å²) in [5, 5.41) is 2.91. The van der Waals surface area contributed by atoms with Gasteiger partial charge in [-0.2, -0.15) is 0 Å². The van der Waals surface area contributed by atoms with Gasteiger partial charge >= 0.3 is 0 Å². The maximum atomic E-state index is 11.8. The predicted octanol–water partition coefficient (Wildman–Crippen LogP) is 4.13. The zero-order valence-electron chi connectivity index (χ0n) is 9.22. The smallest absolute Gasteiger partial charge is 0.252 e. The Balaban J connectivity index is 2.55. The number of carbonyl (C=O) groups excluding carboxylic acids is 1. The fourth-order valence-corrected chi connectivity index (χ4v) is 2.13. The standard InChI is InChI=1S/C12H15Br2NO/c1-2-3-4-7-15-12(16)10-8-9(13)5-6-11(10)14/h5-6,8H,2-4,7H2,1H3,(H,15,16). The molecule has 0 radical (unpaired) electrons. The van der Waals surface area contributed by atoms with Gasteiger partial charge in [0, 0.05) is 15.5 Å². The molecule has 2 nitrogen and oxygen atoms in total. The van der Waals surface area contributed by atoms with E-state index in [0.29, 0.717) is 5.56 Å². The molecular weight excluding hydrogens is 334 g/mol. The lowest BCUT2D eigenvalue weighted by atomic mass is 10.2. The van der Waals surface area contributed by atoms with Crippen molar-refractivity contribution in [2.24, 2.45) is 0 Å². The van der Waals surface area contributed by atoms with Crippen LogP contribution in [-0.4, -0.2) is 12.5 Å². The van der Waals surface area contributed by atoms with E-state index in [-0.39, 0.29) is 5.91 Å². The van der Waals surface area contributed by atoms with Gasteiger partial charge in [-0.1, -0.05) is 35.7 Å². The molecule has 88 valence electrons. The first-order valence-electron chi connectivity index (χ1n) is 5.38.